The maximum Gasteiger partial charge on any atom is 0.257 e. The van der Waals surface area contributed by atoms with E-state index >= 15 is 0 Å². The fourth-order valence-electron chi connectivity index (χ4n) is 3.86. The monoisotopic (exact) mass is 443 g/mol. The van der Waals surface area contributed by atoms with E-state index in [2.05, 4.69) is 0 Å². The third kappa shape index (κ3) is 4.20. The minimum atomic E-state index is -0.260. The molecule has 1 heterocycles. The van der Waals surface area contributed by atoms with Gasteiger partial charge in [-0.05, 0) is 31.2 Å². The third-order valence-electron chi connectivity index (χ3n) is 5.66. The predicted octanol–water partition coefficient (Wildman–Crippen LogP) is 5.06. The van der Waals surface area contributed by atoms with Crippen LogP contribution in [-0.4, -0.2) is 32.1 Å². The molecule has 0 spiro atoms. The topological polar surface area (TPSA) is 69.0 Å². The van der Waals surface area contributed by atoms with Crippen LogP contribution in [0.25, 0.3) is 22.3 Å². The Balaban J connectivity index is 1.76. The van der Waals surface area contributed by atoms with Crippen molar-refractivity contribution in [1.29, 1.82) is 0 Å². The molecule has 3 aromatic carbocycles. The van der Waals surface area contributed by atoms with Crippen molar-refractivity contribution in [1.82, 2.24) is 4.90 Å². The van der Waals surface area contributed by atoms with E-state index in [0.29, 0.717) is 40.3 Å². The first-order valence-corrected chi connectivity index (χ1v) is 10.5. The molecule has 33 heavy (non-hydrogen) atoms. The number of hydrogen-bond acceptors (Lipinski definition) is 5. The summed E-state index contributed by atoms with van der Waals surface area (Å²) >= 11 is 0. The average molecular weight is 443 g/mol. The number of para-hydroxylation sites is 1. The molecule has 4 rings (SSSR count). The molecule has 1 amide bonds. The van der Waals surface area contributed by atoms with Gasteiger partial charge in [-0.2, -0.15) is 0 Å². The second-order valence-corrected chi connectivity index (χ2v) is 7.77. The Morgan fingerprint density at radius 2 is 1.73 bits per heavy atom. The Morgan fingerprint density at radius 1 is 0.970 bits per heavy atom. The highest BCUT2D eigenvalue weighted by Crippen LogP contribution is 2.29. The van der Waals surface area contributed by atoms with Gasteiger partial charge in [-0.25, -0.2) is 0 Å². The Hall–Kier alpha value is -4.06. The van der Waals surface area contributed by atoms with Crippen LogP contribution in [0.1, 0.15) is 21.5 Å². The van der Waals surface area contributed by atoms with Crippen LogP contribution in [0.2, 0.25) is 0 Å². The van der Waals surface area contributed by atoms with Crippen molar-refractivity contribution in [2.24, 2.45) is 0 Å². The predicted molar refractivity (Wildman–Crippen MR) is 128 cm³/mol. The second-order valence-electron chi connectivity index (χ2n) is 7.77. The van der Waals surface area contributed by atoms with E-state index in [1.54, 1.807) is 57.4 Å². The Labute approximate surface area is 192 Å². The van der Waals surface area contributed by atoms with Gasteiger partial charge in [0.25, 0.3) is 5.91 Å². The average Bonchev–Trinajstić information content (AvgIpc) is 2.86. The highest BCUT2D eigenvalue weighted by molar-refractivity contribution is 6.05. The number of fused-ring (bicyclic) bond motifs is 1. The van der Waals surface area contributed by atoms with Crippen molar-refractivity contribution in [3.8, 4) is 22.8 Å². The number of hydrogen-bond donors (Lipinski definition) is 0. The van der Waals surface area contributed by atoms with E-state index in [-0.39, 0.29) is 16.9 Å². The van der Waals surface area contributed by atoms with Gasteiger partial charge in [-0.3, -0.25) is 9.59 Å². The lowest BCUT2D eigenvalue weighted by Crippen LogP contribution is -2.27. The molecule has 6 heteroatoms. The molecule has 0 aliphatic heterocycles. The Morgan fingerprint density at radius 3 is 2.42 bits per heavy atom. The first-order chi connectivity index (χ1) is 15.9. The van der Waals surface area contributed by atoms with Gasteiger partial charge < -0.3 is 18.8 Å². The van der Waals surface area contributed by atoms with E-state index in [0.717, 1.165) is 11.1 Å². The molecule has 0 unspecified atom stereocenters. The van der Waals surface area contributed by atoms with Crippen molar-refractivity contribution >= 4 is 16.9 Å². The quantitative estimate of drug-likeness (QED) is 0.417. The molecule has 168 valence electrons. The zero-order valence-corrected chi connectivity index (χ0v) is 19.0. The van der Waals surface area contributed by atoms with Crippen LogP contribution >= 0.6 is 0 Å². The van der Waals surface area contributed by atoms with Crippen LogP contribution in [0, 0.1) is 6.92 Å². The summed E-state index contributed by atoms with van der Waals surface area (Å²) in [5.74, 6) is 1.50. The Kier molecular flexibility index (Phi) is 6.18. The highest BCUT2D eigenvalue weighted by atomic mass is 16.5. The van der Waals surface area contributed by atoms with Gasteiger partial charge in [-0.1, -0.05) is 36.4 Å². The number of benzene rings is 3. The fourth-order valence-corrected chi connectivity index (χ4v) is 3.86. The van der Waals surface area contributed by atoms with Crippen LogP contribution in [-0.2, 0) is 6.54 Å². The smallest absolute Gasteiger partial charge is 0.257 e. The molecule has 0 bridgehead atoms. The lowest BCUT2D eigenvalue weighted by molar-refractivity contribution is 0.0785. The van der Waals surface area contributed by atoms with Crippen LogP contribution in [0.5, 0.6) is 11.5 Å². The van der Waals surface area contributed by atoms with Gasteiger partial charge in [0.1, 0.15) is 17.3 Å². The van der Waals surface area contributed by atoms with E-state index in [1.807, 2.05) is 42.5 Å². The number of carbonyl (C=O) groups is 1. The number of rotatable bonds is 6. The van der Waals surface area contributed by atoms with Crippen molar-refractivity contribution in [3.63, 3.8) is 0 Å². The van der Waals surface area contributed by atoms with E-state index in [1.165, 1.54) is 0 Å². The third-order valence-corrected chi connectivity index (χ3v) is 5.66. The summed E-state index contributed by atoms with van der Waals surface area (Å²) in [6.07, 6.45) is 0. The molecule has 0 fully saturated rings. The van der Waals surface area contributed by atoms with Crippen LogP contribution in [0.4, 0.5) is 0 Å². The summed E-state index contributed by atoms with van der Waals surface area (Å²) in [6, 6.07) is 19.9. The van der Waals surface area contributed by atoms with E-state index in [4.69, 9.17) is 13.9 Å². The van der Waals surface area contributed by atoms with Gasteiger partial charge in [0.2, 0.25) is 0 Å². The first kappa shape index (κ1) is 22.1. The number of nitrogens with zero attached hydrogens (tertiary/aromatic N) is 1. The van der Waals surface area contributed by atoms with Crippen molar-refractivity contribution < 1.29 is 18.7 Å². The lowest BCUT2D eigenvalue weighted by Gasteiger charge is -2.20. The minimum absolute atomic E-state index is 0.149. The summed E-state index contributed by atoms with van der Waals surface area (Å²) in [5.41, 5.74) is 2.59. The number of amides is 1. The highest BCUT2D eigenvalue weighted by Gasteiger charge is 2.21. The van der Waals surface area contributed by atoms with Crippen molar-refractivity contribution in [3.05, 3.63) is 93.6 Å². The van der Waals surface area contributed by atoms with Gasteiger partial charge in [0.05, 0.1) is 25.2 Å². The molecule has 0 saturated carbocycles. The van der Waals surface area contributed by atoms with Gasteiger partial charge >= 0.3 is 0 Å². The number of ether oxygens (including phenoxy) is 2. The van der Waals surface area contributed by atoms with E-state index in [9.17, 15) is 9.59 Å². The molecule has 0 aliphatic carbocycles. The standard InChI is InChI=1S/C27H25NO5/c1-17-24(29)21-11-8-12-22(26(21)33-25(17)18-9-6-5-7-10-18)27(30)28(2)16-19-13-14-20(31-3)15-23(19)32-4/h5-15H,16H2,1-4H3. The van der Waals surface area contributed by atoms with Gasteiger partial charge in [-0.15, -0.1) is 0 Å². The summed E-state index contributed by atoms with van der Waals surface area (Å²) in [5, 5.41) is 0.383. The summed E-state index contributed by atoms with van der Waals surface area (Å²) in [7, 11) is 4.87. The van der Waals surface area contributed by atoms with E-state index < -0.39 is 0 Å². The molecular weight excluding hydrogens is 418 g/mol. The molecule has 6 nitrogen and oxygen atoms in total. The molecule has 0 radical (unpaired) electrons. The lowest BCUT2D eigenvalue weighted by atomic mass is 10.0. The fraction of sp³-hybridized carbons (Fsp3) is 0.185. The maximum absolute atomic E-state index is 13.4. The number of carbonyl (C=O) groups excluding carboxylic acids is 1. The molecule has 1 aromatic heterocycles. The summed E-state index contributed by atoms with van der Waals surface area (Å²) in [4.78, 5) is 28.1. The maximum atomic E-state index is 13.4. The summed E-state index contributed by atoms with van der Waals surface area (Å²) in [6.45, 7) is 2.05. The molecule has 0 atom stereocenters. The molecule has 0 N–H and O–H groups in total. The molecule has 0 aliphatic rings. The van der Waals surface area contributed by atoms with Crippen molar-refractivity contribution in [2.45, 2.75) is 13.5 Å². The Bertz CT molecular complexity index is 1370. The first-order valence-electron chi connectivity index (χ1n) is 10.5. The SMILES string of the molecule is COc1ccc(CN(C)C(=O)c2cccc3c(=O)c(C)c(-c4ccccc4)oc23)c(OC)c1. The van der Waals surface area contributed by atoms with Crippen LogP contribution in [0.3, 0.4) is 0 Å². The van der Waals surface area contributed by atoms with Gasteiger partial charge in [0.15, 0.2) is 11.0 Å². The molecule has 4 aromatic rings. The molecular formula is C27H25NO5. The normalized spacial score (nSPS) is 10.8. The zero-order valence-electron chi connectivity index (χ0n) is 19.0. The summed E-state index contributed by atoms with van der Waals surface area (Å²) < 4.78 is 16.9. The second kappa shape index (κ2) is 9.20. The van der Waals surface area contributed by atoms with Crippen molar-refractivity contribution in [2.75, 3.05) is 21.3 Å². The number of methoxy groups -OCH3 is 2. The molecule has 0 saturated heterocycles. The zero-order chi connectivity index (χ0) is 23.5. The van der Waals surface area contributed by atoms with Gasteiger partial charge in [0, 0.05) is 36.3 Å². The largest absolute Gasteiger partial charge is 0.497 e. The minimum Gasteiger partial charge on any atom is -0.497 e. The van der Waals surface area contributed by atoms with Crippen LogP contribution in [0.15, 0.2) is 75.9 Å². The van der Waals surface area contributed by atoms with Crippen LogP contribution < -0.4 is 14.9 Å².